The summed E-state index contributed by atoms with van der Waals surface area (Å²) in [6.07, 6.45) is 5.53. The average Bonchev–Trinajstić information content (AvgIpc) is 3.00. The van der Waals surface area contributed by atoms with Gasteiger partial charge in [-0.25, -0.2) is 9.97 Å². The molecule has 2 aliphatic heterocycles. The van der Waals surface area contributed by atoms with E-state index in [2.05, 4.69) is 9.97 Å². The summed E-state index contributed by atoms with van der Waals surface area (Å²) in [5.41, 5.74) is 7.58. The first-order valence-corrected chi connectivity index (χ1v) is 6.54. The van der Waals surface area contributed by atoms with Crippen LogP contribution in [-0.2, 0) is 4.74 Å². The van der Waals surface area contributed by atoms with E-state index in [1.54, 1.807) is 12.3 Å². The number of fused-ring (bicyclic) bond motifs is 3. The van der Waals surface area contributed by atoms with Gasteiger partial charge in [0.25, 0.3) is 0 Å². The Morgan fingerprint density at radius 1 is 1.44 bits per heavy atom. The van der Waals surface area contributed by atoms with Crippen molar-refractivity contribution in [3.05, 3.63) is 17.3 Å². The standard InChI is InChI=1S/C12H13ClN4O/c13-6-3-8-11(15-5-6)17(12(14)16-8)9-4-7-1-2-10(9)18-7/h3,5,7,9-10H,1-2,4H2,(H2,14,16). The lowest BCUT2D eigenvalue weighted by Gasteiger charge is -2.21. The molecule has 2 saturated heterocycles. The fourth-order valence-corrected chi connectivity index (χ4v) is 3.34. The van der Waals surface area contributed by atoms with E-state index in [1.807, 2.05) is 4.57 Å². The molecule has 0 aromatic carbocycles. The Bertz CT molecular complexity index is 626. The predicted molar refractivity (Wildman–Crippen MR) is 68.5 cm³/mol. The third-order valence-corrected chi connectivity index (χ3v) is 4.14. The van der Waals surface area contributed by atoms with E-state index >= 15 is 0 Å². The van der Waals surface area contributed by atoms with E-state index in [4.69, 9.17) is 22.1 Å². The second-order valence-corrected chi connectivity index (χ2v) is 5.45. The molecule has 0 radical (unpaired) electrons. The van der Waals surface area contributed by atoms with Gasteiger partial charge in [-0.1, -0.05) is 11.6 Å². The highest BCUT2D eigenvalue weighted by molar-refractivity contribution is 6.31. The van der Waals surface area contributed by atoms with Crippen LogP contribution in [0.2, 0.25) is 5.02 Å². The Balaban J connectivity index is 1.87. The highest BCUT2D eigenvalue weighted by Crippen LogP contribution is 2.43. The number of ether oxygens (including phenoxy) is 1. The van der Waals surface area contributed by atoms with Crippen molar-refractivity contribution in [2.45, 2.75) is 37.5 Å². The Morgan fingerprint density at radius 2 is 2.33 bits per heavy atom. The molecule has 3 unspecified atom stereocenters. The molecular formula is C12H13ClN4O. The summed E-state index contributed by atoms with van der Waals surface area (Å²) < 4.78 is 7.89. The molecule has 2 fully saturated rings. The molecule has 0 spiro atoms. The number of hydrogen-bond acceptors (Lipinski definition) is 4. The summed E-state index contributed by atoms with van der Waals surface area (Å²) in [4.78, 5) is 8.70. The number of imidazole rings is 1. The van der Waals surface area contributed by atoms with Crippen LogP contribution in [0.5, 0.6) is 0 Å². The van der Waals surface area contributed by atoms with Crippen molar-refractivity contribution < 1.29 is 4.74 Å². The number of anilines is 1. The van der Waals surface area contributed by atoms with Crippen molar-refractivity contribution in [2.24, 2.45) is 0 Å². The number of halogens is 1. The minimum atomic E-state index is 0.257. The molecule has 0 amide bonds. The van der Waals surface area contributed by atoms with Crippen LogP contribution in [0.1, 0.15) is 25.3 Å². The molecule has 2 N–H and O–H groups in total. The number of pyridine rings is 1. The van der Waals surface area contributed by atoms with Gasteiger partial charge >= 0.3 is 0 Å². The first kappa shape index (κ1) is 10.6. The second-order valence-electron chi connectivity index (χ2n) is 5.01. The molecule has 3 atom stereocenters. The van der Waals surface area contributed by atoms with Crippen molar-refractivity contribution in [1.82, 2.24) is 14.5 Å². The Hall–Kier alpha value is -1.33. The van der Waals surface area contributed by atoms with Crippen LogP contribution >= 0.6 is 11.6 Å². The average molecular weight is 265 g/mol. The van der Waals surface area contributed by atoms with Gasteiger partial charge in [-0.3, -0.25) is 4.57 Å². The molecular weight excluding hydrogens is 252 g/mol. The van der Waals surface area contributed by atoms with E-state index in [0.717, 1.165) is 30.4 Å². The highest BCUT2D eigenvalue weighted by atomic mass is 35.5. The van der Waals surface area contributed by atoms with Gasteiger partial charge in [0, 0.05) is 6.20 Å². The fraction of sp³-hybridized carbons (Fsp3) is 0.500. The summed E-state index contributed by atoms with van der Waals surface area (Å²) in [5.74, 6) is 0.501. The van der Waals surface area contributed by atoms with Crippen molar-refractivity contribution in [3.63, 3.8) is 0 Å². The van der Waals surface area contributed by atoms with Gasteiger partial charge in [-0.05, 0) is 25.3 Å². The smallest absolute Gasteiger partial charge is 0.202 e. The monoisotopic (exact) mass is 264 g/mol. The number of nitrogen functional groups attached to an aromatic ring is 1. The van der Waals surface area contributed by atoms with Crippen LogP contribution < -0.4 is 5.73 Å². The minimum Gasteiger partial charge on any atom is -0.373 e. The van der Waals surface area contributed by atoms with Crippen LogP contribution in [0.4, 0.5) is 5.95 Å². The van der Waals surface area contributed by atoms with Crippen LogP contribution in [0, 0.1) is 0 Å². The molecule has 0 saturated carbocycles. The number of hydrogen-bond donors (Lipinski definition) is 1. The first-order valence-electron chi connectivity index (χ1n) is 6.17. The fourth-order valence-electron chi connectivity index (χ4n) is 3.18. The zero-order chi connectivity index (χ0) is 12.3. The molecule has 18 heavy (non-hydrogen) atoms. The minimum absolute atomic E-state index is 0.257. The Kier molecular flexibility index (Phi) is 2.11. The zero-order valence-electron chi connectivity index (χ0n) is 9.71. The van der Waals surface area contributed by atoms with Gasteiger partial charge in [-0.2, -0.15) is 0 Å². The zero-order valence-corrected chi connectivity index (χ0v) is 10.5. The summed E-state index contributed by atoms with van der Waals surface area (Å²) in [7, 11) is 0. The van der Waals surface area contributed by atoms with Crippen molar-refractivity contribution in [3.8, 4) is 0 Å². The van der Waals surface area contributed by atoms with Crippen LogP contribution in [0.15, 0.2) is 12.3 Å². The van der Waals surface area contributed by atoms with E-state index in [9.17, 15) is 0 Å². The van der Waals surface area contributed by atoms with Crippen molar-refractivity contribution in [1.29, 1.82) is 0 Å². The van der Waals surface area contributed by atoms with Gasteiger partial charge in [0.2, 0.25) is 5.95 Å². The van der Waals surface area contributed by atoms with Crippen LogP contribution in [0.25, 0.3) is 11.2 Å². The maximum atomic E-state index is 6.03. The molecule has 2 bridgehead atoms. The Labute approximate surface area is 109 Å². The number of rotatable bonds is 1. The third kappa shape index (κ3) is 1.37. The maximum Gasteiger partial charge on any atom is 0.202 e. The lowest BCUT2D eigenvalue weighted by atomic mass is 9.95. The quantitative estimate of drug-likeness (QED) is 0.857. The molecule has 94 valence electrons. The number of aromatic nitrogens is 3. The van der Waals surface area contributed by atoms with E-state index in [0.29, 0.717) is 17.1 Å². The summed E-state index contributed by atoms with van der Waals surface area (Å²) in [5, 5.41) is 0.580. The van der Waals surface area contributed by atoms with Crippen LogP contribution in [0.3, 0.4) is 0 Å². The molecule has 2 aromatic heterocycles. The normalized spacial score (nSPS) is 30.4. The summed E-state index contributed by atoms with van der Waals surface area (Å²) >= 11 is 5.93. The lowest BCUT2D eigenvalue weighted by molar-refractivity contribution is 0.0945. The van der Waals surface area contributed by atoms with E-state index < -0.39 is 0 Å². The van der Waals surface area contributed by atoms with E-state index in [1.165, 1.54) is 0 Å². The van der Waals surface area contributed by atoms with Gasteiger partial charge in [-0.15, -0.1) is 0 Å². The Morgan fingerprint density at radius 3 is 3.06 bits per heavy atom. The highest BCUT2D eigenvalue weighted by Gasteiger charge is 2.43. The molecule has 2 aromatic rings. The third-order valence-electron chi connectivity index (χ3n) is 3.93. The van der Waals surface area contributed by atoms with Gasteiger partial charge < -0.3 is 10.5 Å². The molecule has 4 rings (SSSR count). The van der Waals surface area contributed by atoms with Crippen LogP contribution in [-0.4, -0.2) is 26.7 Å². The SMILES string of the molecule is Nc1nc2cc(Cl)cnc2n1C1CC2CCC1O2. The first-order chi connectivity index (χ1) is 8.72. The van der Waals surface area contributed by atoms with E-state index in [-0.39, 0.29) is 12.1 Å². The summed E-state index contributed by atoms with van der Waals surface area (Å²) in [6, 6.07) is 2.06. The number of nitrogens with zero attached hydrogens (tertiary/aromatic N) is 3. The topological polar surface area (TPSA) is 66.0 Å². The molecule has 5 nitrogen and oxygen atoms in total. The molecule has 6 heteroatoms. The maximum absolute atomic E-state index is 6.03. The second kappa shape index (κ2) is 3.59. The summed E-state index contributed by atoms with van der Waals surface area (Å²) in [6.45, 7) is 0. The molecule has 2 aliphatic rings. The van der Waals surface area contributed by atoms with Crippen molar-refractivity contribution in [2.75, 3.05) is 5.73 Å². The van der Waals surface area contributed by atoms with Crippen molar-refractivity contribution >= 4 is 28.7 Å². The molecule has 0 aliphatic carbocycles. The van der Waals surface area contributed by atoms with Gasteiger partial charge in [0.15, 0.2) is 5.65 Å². The van der Waals surface area contributed by atoms with Gasteiger partial charge in [0.05, 0.1) is 23.3 Å². The largest absolute Gasteiger partial charge is 0.373 e. The lowest BCUT2D eigenvalue weighted by Crippen LogP contribution is -2.22. The molecule has 4 heterocycles. The predicted octanol–water partition coefficient (Wildman–Crippen LogP) is 2.16. The van der Waals surface area contributed by atoms with Gasteiger partial charge in [0.1, 0.15) is 5.52 Å². The number of nitrogens with two attached hydrogens (primary N) is 1.